The van der Waals surface area contributed by atoms with E-state index in [0.717, 1.165) is 174 Å². The van der Waals surface area contributed by atoms with E-state index in [2.05, 4.69) is 452 Å². The van der Waals surface area contributed by atoms with Crippen LogP contribution in [0.25, 0.3) is 144 Å². The third kappa shape index (κ3) is 10.5. The third-order valence-corrected chi connectivity index (χ3v) is 28.1. The first-order chi connectivity index (χ1) is 62.7. The fraction of sp³-hybridized carbons (Fsp3) is 0.0339. The van der Waals surface area contributed by atoms with Gasteiger partial charge in [-0.15, -0.1) is 0 Å². The summed E-state index contributed by atoms with van der Waals surface area (Å²) in [6.07, 6.45) is 0. The van der Waals surface area contributed by atoms with Gasteiger partial charge in [0.05, 0.1) is 22.4 Å². The molecule has 6 aliphatic heterocycles. The molecule has 6 aliphatic rings. The molecule has 27 rings (SSSR count). The second-order valence-electron chi connectivity index (χ2n) is 36.0. The van der Waals surface area contributed by atoms with Crippen molar-refractivity contribution >= 4 is 147 Å². The predicted molar refractivity (Wildman–Crippen MR) is 534 cm³/mol. The van der Waals surface area contributed by atoms with E-state index in [9.17, 15) is 0 Å². The molecule has 590 valence electrons. The summed E-state index contributed by atoms with van der Waals surface area (Å²) in [5.74, 6) is 3.13. The average molecular weight is 1620 g/mol. The highest BCUT2D eigenvalue weighted by molar-refractivity contribution is 7.05. The molecule has 0 saturated carbocycles. The zero-order valence-corrected chi connectivity index (χ0v) is 70.1. The highest BCUT2D eigenvalue weighted by Crippen LogP contribution is 2.57. The summed E-state index contributed by atoms with van der Waals surface area (Å²) in [5, 5.41) is 4.83. The minimum absolute atomic E-state index is 0.257. The van der Waals surface area contributed by atoms with Crippen molar-refractivity contribution < 1.29 is 9.47 Å². The molecule has 0 unspecified atom stereocenters. The Bertz CT molecular complexity index is 8120. The molecule has 0 fully saturated rings. The van der Waals surface area contributed by atoms with E-state index < -0.39 is 13.4 Å². The Labute approximate surface area is 738 Å². The van der Waals surface area contributed by atoms with E-state index in [1.165, 1.54) is 82.2 Å². The quantitative estimate of drug-likeness (QED) is 0.128. The van der Waals surface area contributed by atoms with Gasteiger partial charge in [0.25, 0.3) is 20.1 Å². The monoisotopic (exact) mass is 1610 g/mol. The topological polar surface area (TPSA) is 34.8 Å². The van der Waals surface area contributed by atoms with Crippen LogP contribution < -0.4 is 68.4 Å². The molecule has 6 nitrogen and oxygen atoms in total. The molecule has 0 N–H and O–H groups in total. The first-order valence-corrected chi connectivity index (χ1v) is 44.4. The second-order valence-corrected chi connectivity index (χ2v) is 36.0. The van der Waals surface area contributed by atoms with Gasteiger partial charge in [0.1, 0.15) is 23.0 Å². The summed E-state index contributed by atoms with van der Waals surface area (Å²) in [7, 11) is 0. The number of rotatable bonds is 10. The fourth-order valence-corrected chi connectivity index (χ4v) is 22.6. The number of para-hydroxylation sites is 4. The Morgan fingerprint density at radius 2 is 0.606 bits per heavy atom. The SMILES string of the molecule is CC(C)(C)c1cc2c3c(c1)N(c1c(-c4ccccc4)cccc1-c1ccccc1)c1cc4c5c(c1B3c1ccc(-c3ccccc3)cc1N2c1c(-c2ccccc2)cccc1-c1ccccc1)Oc1cc(-c2ccccc2)ccc1B5c1c(cc2c3c1-n1c5ccccc5c5cc(-c6ccccc6)cc(c51)B3c1cc(-c3ccccc3)cc3c5ccccc5n-2c13)O4. The first kappa shape index (κ1) is 71.7. The standard InChI is InChI=1S/C118H77B3N4O2/c1-118(2,3)84-68-100-107-101(69-84)124(113-87(78-46-24-10-25-47-78)54-33-55-88(113)79-48-26-11-27-49-79)103-71-106-111-117(109(103)120(107)93-60-58-80(72-34-12-4-13-35-72)66-99(93)123(100)112-85(76-42-20-8-21-43-76)52-32-53-86(112)77-44-22-9-23-45-77)127-104-67-81(73-36-14-5-15-37-73)59-61-94(104)121(111)110-105(126-106)70-102-108-116(110)125-98-57-31-29-51-90(98)92-63-83(75-40-18-7-19-41-75)65-96(115(92)125)119(108)95-64-82(74-38-16-6-17-39-74)62-91-89-50-28-30-56-97(89)122(102)114(91)95/h4-71H,1-3H3. The molecule has 21 aromatic rings. The van der Waals surface area contributed by atoms with Crippen molar-refractivity contribution in [1.29, 1.82) is 0 Å². The zero-order valence-electron chi connectivity index (χ0n) is 70.1. The van der Waals surface area contributed by atoms with Crippen molar-refractivity contribution in [3.05, 3.63) is 418 Å². The van der Waals surface area contributed by atoms with Gasteiger partial charge in [-0.2, -0.15) is 0 Å². The van der Waals surface area contributed by atoms with Crippen LogP contribution >= 0.6 is 0 Å². The normalized spacial score (nSPS) is 13.2. The maximum atomic E-state index is 8.57. The van der Waals surface area contributed by atoms with E-state index in [1.807, 2.05) is 0 Å². The maximum Gasteiger partial charge on any atom is 0.263 e. The summed E-state index contributed by atoms with van der Waals surface area (Å²) < 4.78 is 22.4. The number of anilines is 6. The van der Waals surface area contributed by atoms with Gasteiger partial charge in [-0.05, 0) is 170 Å². The largest absolute Gasteiger partial charge is 0.459 e. The molecule has 0 bridgehead atoms. The van der Waals surface area contributed by atoms with E-state index in [-0.39, 0.29) is 12.1 Å². The molecule has 2 aromatic heterocycles. The van der Waals surface area contributed by atoms with Crippen molar-refractivity contribution in [2.45, 2.75) is 26.2 Å². The van der Waals surface area contributed by atoms with Gasteiger partial charge in [-0.1, -0.05) is 373 Å². The van der Waals surface area contributed by atoms with Crippen molar-refractivity contribution in [2.75, 3.05) is 9.80 Å². The zero-order chi connectivity index (χ0) is 83.6. The van der Waals surface area contributed by atoms with Gasteiger partial charge in [-0.25, -0.2) is 0 Å². The van der Waals surface area contributed by atoms with Crippen molar-refractivity contribution in [2.24, 2.45) is 0 Å². The van der Waals surface area contributed by atoms with Crippen LogP contribution in [0, 0.1) is 0 Å². The molecule has 0 atom stereocenters. The van der Waals surface area contributed by atoms with Crippen LogP contribution in [0.1, 0.15) is 26.3 Å². The van der Waals surface area contributed by atoms with Gasteiger partial charge in [0, 0.05) is 107 Å². The molecule has 8 heterocycles. The summed E-state index contributed by atoms with van der Waals surface area (Å²) >= 11 is 0. The lowest BCUT2D eigenvalue weighted by Gasteiger charge is -2.48. The number of nitrogens with zero attached hydrogens (tertiary/aromatic N) is 4. The second kappa shape index (κ2) is 27.3. The third-order valence-electron chi connectivity index (χ3n) is 28.1. The lowest BCUT2D eigenvalue weighted by molar-refractivity contribution is 0.467. The first-order valence-electron chi connectivity index (χ1n) is 44.4. The van der Waals surface area contributed by atoms with Crippen molar-refractivity contribution in [3.8, 4) is 123 Å². The van der Waals surface area contributed by atoms with E-state index >= 15 is 0 Å². The Balaban J connectivity index is 0.825. The number of hydrogen-bond donors (Lipinski definition) is 0. The summed E-state index contributed by atoms with van der Waals surface area (Å²) in [4.78, 5) is 5.36. The molecule has 0 radical (unpaired) electrons. The predicted octanol–water partition coefficient (Wildman–Crippen LogP) is 24.5. The lowest BCUT2D eigenvalue weighted by Crippen LogP contribution is -2.67. The molecule has 0 spiro atoms. The smallest absolute Gasteiger partial charge is 0.263 e. The molecule has 127 heavy (non-hydrogen) atoms. The van der Waals surface area contributed by atoms with E-state index in [1.54, 1.807) is 0 Å². The van der Waals surface area contributed by atoms with E-state index in [0.29, 0.717) is 0 Å². The average Bonchev–Trinajstić information content (AvgIpc) is 1.65. The minimum Gasteiger partial charge on any atom is -0.459 e. The lowest BCUT2D eigenvalue weighted by atomic mass is 9.29. The number of fused-ring (bicyclic) bond motifs is 20. The molecular weight excluding hydrogens is 1540 g/mol. The summed E-state index contributed by atoms with van der Waals surface area (Å²) in [5.41, 5.74) is 42.4. The van der Waals surface area contributed by atoms with Gasteiger partial charge in [0.15, 0.2) is 0 Å². The Morgan fingerprint density at radius 3 is 1.09 bits per heavy atom. The Morgan fingerprint density at radius 1 is 0.220 bits per heavy atom. The molecular formula is C118H77B3N4O2. The number of hydrogen-bond acceptors (Lipinski definition) is 4. The van der Waals surface area contributed by atoms with Crippen LogP contribution in [0.2, 0.25) is 0 Å². The van der Waals surface area contributed by atoms with Crippen LogP contribution in [-0.4, -0.2) is 29.3 Å². The fourth-order valence-electron chi connectivity index (χ4n) is 22.6. The van der Waals surface area contributed by atoms with E-state index in [4.69, 9.17) is 9.47 Å². The molecule has 19 aromatic carbocycles. The van der Waals surface area contributed by atoms with Crippen LogP contribution in [0.5, 0.6) is 23.0 Å². The Hall–Kier alpha value is -15.8. The minimum atomic E-state index is -0.478. The Kier molecular flexibility index (Phi) is 15.4. The number of ether oxygens (including phenoxy) is 2. The highest BCUT2D eigenvalue weighted by Gasteiger charge is 2.54. The maximum absolute atomic E-state index is 8.57. The molecule has 0 saturated heterocycles. The number of aromatic nitrogens is 2. The van der Waals surface area contributed by atoms with Crippen LogP contribution in [0.3, 0.4) is 0 Å². The van der Waals surface area contributed by atoms with Gasteiger partial charge in [0.2, 0.25) is 0 Å². The molecule has 9 heteroatoms. The summed E-state index contributed by atoms with van der Waals surface area (Å²) in [6.45, 7) is 5.94. The molecule has 0 aliphatic carbocycles. The van der Waals surface area contributed by atoms with Crippen molar-refractivity contribution in [3.63, 3.8) is 0 Å². The van der Waals surface area contributed by atoms with Crippen LogP contribution in [0.4, 0.5) is 34.1 Å². The van der Waals surface area contributed by atoms with Gasteiger partial charge < -0.3 is 28.4 Å². The summed E-state index contributed by atoms with van der Waals surface area (Å²) in [6, 6.07) is 155. The highest BCUT2D eigenvalue weighted by atomic mass is 16.5. The molecule has 0 amide bonds. The van der Waals surface area contributed by atoms with Crippen LogP contribution in [-0.2, 0) is 5.41 Å². The van der Waals surface area contributed by atoms with Gasteiger partial charge in [-0.3, -0.25) is 0 Å². The van der Waals surface area contributed by atoms with Gasteiger partial charge >= 0.3 is 0 Å². The number of benzene rings is 19. The van der Waals surface area contributed by atoms with Crippen molar-refractivity contribution in [1.82, 2.24) is 9.13 Å². The van der Waals surface area contributed by atoms with Crippen LogP contribution in [0.15, 0.2) is 413 Å².